The maximum atomic E-state index is 12.4. The van der Waals surface area contributed by atoms with Gasteiger partial charge in [-0.05, 0) is 54.4 Å². The lowest BCUT2D eigenvalue weighted by Crippen LogP contribution is -2.14. The number of halogens is 1. The molecule has 126 valence electrons. The van der Waals surface area contributed by atoms with Crippen molar-refractivity contribution in [1.29, 1.82) is 0 Å². The Morgan fingerprint density at radius 2 is 1.84 bits per heavy atom. The molecule has 0 aliphatic rings. The topological polar surface area (TPSA) is 51.2 Å². The van der Waals surface area contributed by atoms with Crippen LogP contribution in [0.25, 0.3) is 0 Å². The number of amides is 1. The van der Waals surface area contributed by atoms with Gasteiger partial charge in [-0.2, -0.15) is 0 Å². The van der Waals surface area contributed by atoms with Gasteiger partial charge in [-0.25, -0.2) is 4.98 Å². The molecule has 4 nitrogen and oxygen atoms in total. The predicted octanol–water partition coefficient (Wildman–Crippen LogP) is 4.87. The smallest absolute Gasteiger partial charge is 0.256 e. The molecule has 0 unspecified atom stereocenters. The number of aryl methyl sites for hydroxylation is 1. The van der Waals surface area contributed by atoms with E-state index in [9.17, 15) is 4.79 Å². The Balaban J connectivity index is 1.73. The highest BCUT2D eigenvalue weighted by atomic mass is 35.5. The summed E-state index contributed by atoms with van der Waals surface area (Å²) in [6.07, 6.45) is 1.61. The molecule has 3 rings (SSSR count). The van der Waals surface area contributed by atoms with Gasteiger partial charge in [0.2, 0.25) is 0 Å². The van der Waals surface area contributed by atoms with Crippen LogP contribution in [0.3, 0.4) is 0 Å². The third kappa shape index (κ3) is 4.37. The lowest BCUT2D eigenvalue weighted by molar-refractivity contribution is 0.102. The third-order valence-corrected chi connectivity index (χ3v) is 4.01. The first-order chi connectivity index (χ1) is 12.1. The van der Waals surface area contributed by atoms with Gasteiger partial charge in [-0.3, -0.25) is 4.79 Å². The number of benzene rings is 2. The van der Waals surface area contributed by atoms with E-state index < -0.39 is 0 Å². The minimum Gasteiger partial charge on any atom is -0.485 e. The fraction of sp³-hybridized carbons (Fsp3) is 0.100. The summed E-state index contributed by atoms with van der Waals surface area (Å²) in [7, 11) is 0. The van der Waals surface area contributed by atoms with Gasteiger partial charge in [-0.15, -0.1) is 0 Å². The highest BCUT2D eigenvalue weighted by molar-refractivity contribution is 6.30. The van der Waals surface area contributed by atoms with Crippen molar-refractivity contribution in [2.24, 2.45) is 0 Å². The van der Waals surface area contributed by atoms with E-state index in [1.807, 2.05) is 31.2 Å². The zero-order chi connectivity index (χ0) is 17.6. The van der Waals surface area contributed by atoms with E-state index in [1.165, 1.54) is 0 Å². The molecule has 1 amide bonds. The predicted molar refractivity (Wildman–Crippen MR) is 99.2 cm³/mol. The fourth-order valence-electron chi connectivity index (χ4n) is 2.31. The summed E-state index contributed by atoms with van der Waals surface area (Å²) in [5, 5.41) is 3.36. The lowest BCUT2D eigenvalue weighted by Gasteiger charge is -2.12. The second-order valence-electron chi connectivity index (χ2n) is 5.53. The van der Waals surface area contributed by atoms with Gasteiger partial charge in [0.25, 0.3) is 5.91 Å². The maximum Gasteiger partial charge on any atom is 0.256 e. The number of nitrogens with one attached hydrogen (secondary N) is 1. The number of hydrogen-bond donors (Lipinski definition) is 1. The van der Waals surface area contributed by atoms with E-state index in [0.717, 1.165) is 11.1 Å². The van der Waals surface area contributed by atoms with Gasteiger partial charge < -0.3 is 10.1 Å². The number of nitrogens with zero attached hydrogens (tertiary/aromatic N) is 1. The van der Waals surface area contributed by atoms with Crippen LogP contribution in [-0.4, -0.2) is 10.9 Å². The zero-order valence-corrected chi connectivity index (χ0v) is 14.5. The Labute approximate surface area is 151 Å². The van der Waals surface area contributed by atoms with Crippen LogP contribution in [0.5, 0.6) is 5.75 Å². The molecule has 1 heterocycles. The summed E-state index contributed by atoms with van der Waals surface area (Å²) >= 11 is 5.85. The normalized spacial score (nSPS) is 10.3. The van der Waals surface area contributed by atoms with Crippen molar-refractivity contribution in [1.82, 2.24) is 4.98 Å². The summed E-state index contributed by atoms with van der Waals surface area (Å²) < 4.78 is 5.86. The minimum absolute atomic E-state index is 0.267. The molecule has 0 spiro atoms. The van der Waals surface area contributed by atoms with Crippen LogP contribution < -0.4 is 10.1 Å². The van der Waals surface area contributed by atoms with Crippen LogP contribution in [0, 0.1) is 6.92 Å². The fourth-order valence-corrected chi connectivity index (χ4v) is 2.44. The minimum atomic E-state index is -0.267. The number of rotatable bonds is 5. The Kier molecular flexibility index (Phi) is 5.31. The van der Waals surface area contributed by atoms with Gasteiger partial charge >= 0.3 is 0 Å². The standard InChI is InChI=1S/C20H17ClN2O2/c1-14-5-2-3-6-16(14)13-25-18-7-4-12-22-19(18)23-20(24)15-8-10-17(21)11-9-15/h2-12H,13H2,1H3,(H,22,23,24). The van der Waals surface area contributed by atoms with E-state index in [1.54, 1.807) is 42.6 Å². The van der Waals surface area contributed by atoms with Crippen LogP contribution in [0.1, 0.15) is 21.5 Å². The summed E-state index contributed by atoms with van der Waals surface area (Å²) in [4.78, 5) is 16.6. The molecule has 0 bridgehead atoms. The molecule has 25 heavy (non-hydrogen) atoms. The van der Waals surface area contributed by atoms with E-state index in [0.29, 0.717) is 28.8 Å². The van der Waals surface area contributed by atoms with Crippen molar-refractivity contribution in [3.8, 4) is 5.75 Å². The largest absolute Gasteiger partial charge is 0.485 e. The van der Waals surface area contributed by atoms with Crippen LogP contribution in [-0.2, 0) is 6.61 Å². The molecule has 0 atom stereocenters. The van der Waals surface area contributed by atoms with E-state index in [4.69, 9.17) is 16.3 Å². The summed E-state index contributed by atoms with van der Waals surface area (Å²) in [6.45, 7) is 2.44. The molecule has 1 aromatic heterocycles. The number of ether oxygens (including phenoxy) is 1. The molecule has 0 aliphatic carbocycles. The summed E-state index contributed by atoms with van der Waals surface area (Å²) in [6, 6.07) is 18.2. The average Bonchev–Trinajstić information content (AvgIpc) is 2.62. The Bertz CT molecular complexity index is 879. The average molecular weight is 353 g/mol. The number of pyridine rings is 1. The number of aromatic nitrogens is 1. The number of hydrogen-bond acceptors (Lipinski definition) is 3. The van der Waals surface area contributed by atoms with E-state index in [-0.39, 0.29) is 5.91 Å². The highest BCUT2D eigenvalue weighted by Gasteiger charge is 2.11. The molecule has 1 N–H and O–H groups in total. The first kappa shape index (κ1) is 17.0. The van der Waals surface area contributed by atoms with Crippen LogP contribution >= 0.6 is 11.6 Å². The molecule has 0 fully saturated rings. The quantitative estimate of drug-likeness (QED) is 0.712. The highest BCUT2D eigenvalue weighted by Crippen LogP contribution is 2.23. The number of carbonyl (C=O) groups is 1. The summed E-state index contributed by atoms with van der Waals surface area (Å²) in [5.41, 5.74) is 2.74. The van der Waals surface area contributed by atoms with E-state index >= 15 is 0 Å². The molecule has 0 saturated heterocycles. The molecule has 3 aromatic rings. The monoisotopic (exact) mass is 352 g/mol. The number of anilines is 1. The molecule has 2 aromatic carbocycles. The Hall–Kier alpha value is -2.85. The van der Waals surface area contributed by atoms with Crippen molar-refractivity contribution >= 4 is 23.3 Å². The Morgan fingerprint density at radius 3 is 2.60 bits per heavy atom. The first-order valence-electron chi connectivity index (χ1n) is 7.83. The first-order valence-corrected chi connectivity index (χ1v) is 8.20. The lowest BCUT2D eigenvalue weighted by atomic mass is 10.1. The number of carbonyl (C=O) groups excluding carboxylic acids is 1. The van der Waals surface area contributed by atoms with Crippen LogP contribution in [0.15, 0.2) is 66.9 Å². The molecular weight excluding hydrogens is 336 g/mol. The molecule has 5 heteroatoms. The third-order valence-electron chi connectivity index (χ3n) is 3.75. The van der Waals surface area contributed by atoms with Crippen LogP contribution in [0.4, 0.5) is 5.82 Å². The second kappa shape index (κ2) is 7.81. The van der Waals surface area contributed by atoms with Crippen molar-refractivity contribution in [2.45, 2.75) is 13.5 Å². The molecule has 0 aliphatic heterocycles. The summed E-state index contributed by atoms with van der Waals surface area (Å²) in [5.74, 6) is 0.639. The van der Waals surface area contributed by atoms with Gasteiger partial charge in [0.15, 0.2) is 11.6 Å². The Morgan fingerprint density at radius 1 is 1.08 bits per heavy atom. The zero-order valence-electron chi connectivity index (χ0n) is 13.7. The van der Waals surface area contributed by atoms with Gasteiger partial charge in [-0.1, -0.05) is 35.9 Å². The van der Waals surface area contributed by atoms with Gasteiger partial charge in [0.1, 0.15) is 6.61 Å². The SMILES string of the molecule is Cc1ccccc1COc1cccnc1NC(=O)c1ccc(Cl)cc1. The van der Waals surface area contributed by atoms with Gasteiger partial charge in [0.05, 0.1) is 0 Å². The van der Waals surface area contributed by atoms with Crippen molar-refractivity contribution in [2.75, 3.05) is 5.32 Å². The van der Waals surface area contributed by atoms with Crippen molar-refractivity contribution in [3.05, 3.63) is 88.6 Å². The molecule has 0 saturated carbocycles. The van der Waals surface area contributed by atoms with Gasteiger partial charge in [0, 0.05) is 16.8 Å². The van der Waals surface area contributed by atoms with Crippen molar-refractivity contribution in [3.63, 3.8) is 0 Å². The van der Waals surface area contributed by atoms with E-state index in [2.05, 4.69) is 10.3 Å². The van der Waals surface area contributed by atoms with Crippen molar-refractivity contribution < 1.29 is 9.53 Å². The second-order valence-corrected chi connectivity index (χ2v) is 5.96. The molecular formula is C20H17ClN2O2. The molecule has 0 radical (unpaired) electrons. The maximum absolute atomic E-state index is 12.4. The van der Waals surface area contributed by atoms with Crippen LogP contribution in [0.2, 0.25) is 5.02 Å².